The Kier molecular flexibility index (Phi) is 2.87. The number of amides is 3. The Morgan fingerprint density at radius 1 is 1.43 bits per heavy atom. The highest BCUT2D eigenvalue weighted by molar-refractivity contribution is 6.08. The number of carbonyl (C=O) groups excluding carboxylic acids is 2. The summed E-state index contributed by atoms with van der Waals surface area (Å²) in [6.45, 7) is 0.204. The van der Waals surface area contributed by atoms with Gasteiger partial charge in [-0.1, -0.05) is 5.92 Å². The number of imide groups is 1. The zero-order valence-corrected chi connectivity index (χ0v) is 11.2. The predicted octanol–water partition coefficient (Wildman–Crippen LogP) is 1.14. The van der Waals surface area contributed by atoms with Crippen LogP contribution in [-0.2, 0) is 11.8 Å². The summed E-state index contributed by atoms with van der Waals surface area (Å²) >= 11 is 0. The lowest BCUT2D eigenvalue weighted by atomic mass is 10.1. The predicted molar refractivity (Wildman–Crippen MR) is 74.1 cm³/mol. The number of nitrogens with zero attached hydrogens (tertiary/aromatic N) is 3. The molecule has 106 valence electrons. The Bertz CT molecular complexity index is 818. The van der Waals surface area contributed by atoms with E-state index in [0.29, 0.717) is 16.7 Å². The third-order valence-electron chi connectivity index (χ3n) is 3.38. The second kappa shape index (κ2) is 4.59. The van der Waals surface area contributed by atoms with Crippen LogP contribution in [0.5, 0.6) is 0 Å². The maximum absolute atomic E-state index is 13.9. The minimum absolute atomic E-state index is 0.135. The molecule has 1 aliphatic rings. The molecule has 0 bridgehead atoms. The molecule has 3 amide bonds. The van der Waals surface area contributed by atoms with E-state index in [2.05, 4.69) is 16.3 Å². The Hall–Kier alpha value is -2.88. The summed E-state index contributed by atoms with van der Waals surface area (Å²) in [4.78, 5) is 24.4. The van der Waals surface area contributed by atoms with Crippen LogP contribution in [0, 0.1) is 18.2 Å². The summed E-state index contributed by atoms with van der Waals surface area (Å²) in [5.74, 6) is 1.69. The van der Waals surface area contributed by atoms with Crippen molar-refractivity contribution in [3.05, 3.63) is 23.5 Å². The number of hydrogen-bond acceptors (Lipinski definition) is 3. The molecule has 21 heavy (non-hydrogen) atoms. The van der Waals surface area contributed by atoms with Gasteiger partial charge in [0.15, 0.2) is 5.82 Å². The zero-order chi connectivity index (χ0) is 15.1. The van der Waals surface area contributed by atoms with E-state index in [1.807, 2.05) is 0 Å². The van der Waals surface area contributed by atoms with Gasteiger partial charge in [-0.25, -0.2) is 9.18 Å². The fourth-order valence-electron chi connectivity index (χ4n) is 2.33. The summed E-state index contributed by atoms with van der Waals surface area (Å²) in [7, 11) is 1.68. The van der Waals surface area contributed by atoms with Gasteiger partial charge in [-0.3, -0.25) is 19.7 Å². The number of aromatic nitrogens is 2. The van der Waals surface area contributed by atoms with Crippen LogP contribution in [0.15, 0.2) is 12.1 Å². The largest absolute Gasteiger partial charge is 0.329 e. The molecular weight excluding hydrogens is 275 g/mol. The first kappa shape index (κ1) is 13.1. The SMILES string of the molecule is C#Cc1cc2c(cc1F)c(N1CCC(=O)NC1=O)nn2C. The van der Waals surface area contributed by atoms with Crippen molar-refractivity contribution in [3.8, 4) is 12.3 Å². The molecule has 0 spiro atoms. The Morgan fingerprint density at radius 2 is 2.19 bits per heavy atom. The second-order valence-electron chi connectivity index (χ2n) is 4.70. The number of halogens is 1. The number of aryl methyl sites for hydroxylation is 1. The number of anilines is 1. The van der Waals surface area contributed by atoms with E-state index in [1.54, 1.807) is 7.05 Å². The number of hydrogen-bond donors (Lipinski definition) is 1. The van der Waals surface area contributed by atoms with Crippen molar-refractivity contribution in [2.24, 2.45) is 7.05 Å². The third kappa shape index (κ3) is 2.01. The normalized spacial score (nSPS) is 15.2. The van der Waals surface area contributed by atoms with Crippen LogP contribution in [0.3, 0.4) is 0 Å². The van der Waals surface area contributed by atoms with Crippen LogP contribution in [0.1, 0.15) is 12.0 Å². The lowest BCUT2D eigenvalue weighted by molar-refractivity contribution is -0.120. The molecule has 6 nitrogen and oxygen atoms in total. The highest BCUT2D eigenvalue weighted by Gasteiger charge is 2.28. The summed E-state index contributed by atoms with van der Waals surface area (Å²) in [6.07, 6.45) is 5.42. The van der Waals surface area contributed by atoms with E-state index < -0.39 is 11.8 Å². The highest BCUT2D eigenvalue weighted by Crippen LogP contribution is 2.29. The first-order chi connectivity index (χ1) is 10.0. The molecule has 1 aromatic carbocycles. The molecular formula is C14H11FN4O2. The van der Waals surface area contributed by atoms with Gasteiger partial charge in [0.25, 0.3) is 0 Å². The van der Waals surface area contributed by atoms with Crippen molar-refractivity contribution < 1.29 is 14.0 Å². The maximum atomic E-state index is 13.9. The van der Waals surface area contributed by atoms with E-state index in [4.69, 9.17) is 6.42 Å². The smallest absolute Gasteiger partial charge is 0.278 e. The number of urea groups is 1. The molecule has 0 aliphatic carbocycles. The van der Waals surface area contributed by atoms with Crippen molar-refractivity contribution >= 4 is 28.7 Å². The average Bonchev–Trinajstić information content (AvgIpc) is 2.74. The molecule has 2 aromatic rings. The number of benzene rings is 1. The highest BCUT2D eigenvalue weighted by atomic mass is 19.1. The third-order valence-corrected chi connectivity index (χ3v) is 3.38. The van der Waals surface area contributed by atoms with Crippen LogP contribution in [-0.4, -0.2) is 28.3 Å². The quantitative estimate of drug-likeness (QED) is 0.799. The fraction of sp³-hybridized carbons (Fsp3) is 0.214. The Morgan fingerprint density at radius 3 is 2.86 bits per heavy atom. The van der Waals surface area contributed by atoms with Crippen molar-refractivity contribution in [2.75, 3.05) is 11.4 Å². The summed E-state index contributed by atoms with van der Waals surface area (Å²) in [5, 5.41) is 6.92. The first-order valence-corrected chi connectivity index (χ1v) is 6.25. The molecule has 0 atom stereocenters. The van der Waals surface area contributed by atoms with Crippen molar-refractivity contribution in [3.63, 3.8) is 0 Å². The molecule has 1 saturated heterocycles. The molecule has 2 heterocycles. The molecule has 1 aliphatic heterocycles. The molecule has 0 unspecified atom stereocenters. The fourth-order valence-corrected chi connectivity index (χ4v) is 2.33. The van der Waals surface area contributed by atoms with Gasteiger partial charge in [0.1, 0.15) is 5.82 Å². The molecule has 1 aromatic heterocycles. The average molecular weight is 286 g/mol. The molecule has 3 rings (SSSR count). The van der Waals surface area contributed by atoms with Crippen LogP contribution in [0.25, 0.3) is 10.9 Å². The molecule has 0 radical (unpaired) electrons. The standard InChI is InChI=1S/C14H11FN4O2/c1-3-8-6-11-9(7-10(8)15)13(17-18(11)2)19-5-4-12(20)16-14(19)21/h1,6-7H,4-5H2,2H3,(H,16,20,21). The number of carbonyl (C=O) groups is 2. The van der Waals surface area contributed by atoms with Crippen LogP contribution in [0.4, 0.5) is 15.0 Å². The van der Waals surface area contributed by atoms with Gasteiger partial charge < -0.3 is 0 Å². The second-order valence-corrected chi connectivity index (χ2v) is 4.70. The van der Waals surface area contributed by atoms with Crippen LogP contribution >= 0.6 is 0 Å². The van der Waals surface area contributed by atoms with E-state index >= 15 is 0 Å². The van der Waals surface area contributed by atoms with Gasteiger partial charge in [0.2, 0.25) is 5.91 Å². The summed E-state index contributed by atoms with van der Waals surface area (Å²) in [5.41, 5.74) is 0.749. The minimum Gasteiger partial charge on any atom is -0.278 e. The van der Waals surface area contributed by atoms with Crippen molar-refractivity contribution in [1.29, 1.82) is 0 Å². The van der Waals surface area contributed by atoms with Crippen molar-refractivity contribution in [2.45, 2.75) is 6.42 Å². The number of fused-ring (bicyclic) bond motifs is 1. The van der Waals surface area contributed by atoms with E-state index in [1.165, 1.54) is 21.7 Å². The lowest BCUT2D eigenvalue weighted by Gasteiger charge is -2.24. The maximum Gasteiger partial charge on any atom is 0.329 e. The minimum atomic E-state index is -0.562. The summed E-state index contributed by atoms with van der Waals surface area (Å²) < 4.78 is 15.4. The Labute approximate surface area is 119 Å². The van der Waals surface area contributed by atoms with Gasteiger partial charge in [-0.2, -0.15) is 5.10 Å². The molecule has 0 saturated carbocycles. The molecule has 1 fully saturated rings. The van der Waals surface area contributed by atoms with Gasteiger partial charge in [0.05, 0.1) is 11.1 Å². The van der Waals surface area contributed by atoms with E-state index in [-0.39, 0.29) is 24.4 Å². The Balaban J connectivity index is 2.16. The van der Waals surface area contributed by atoms with Crippen molar-refractivity contribution in [1.82, 2.24) is 15.1 Å². The van der Waals surface area contributed by atoms with Gasteiger partial charge in [-0.05, 0) is 12.1 Å². The number of rotatable bonds is 1. The molecule has 7 heteroatoms. The van der Waals surface area contributed by atoms with E-state index in [0.717, 1.165) is 0 Å². The zero-order valence-electron chi connectivity index (χ0n) is 11.2. The van der Waals surface area contributed by atoms with Crippen LogP contribution in [0.2, 0.25) is 0 Å². The molecule has 1 N–H and O–H groups in total. The van der Waals surface area contributed by atoms with Gasteiger partial charge in [0, 0.05) is 25.4 Å². The first-order valence-electron chi connectivity index (χ1n) is 6.25. The number of nitrogens with one attached hydrogen (secondary N) is 1. The van der Waals surface area contributed by atoms with Crippen LogP contribution < -0.4 is 10.2 Å². The van der Waals surface area contributed by atoms with E-state index in [9.17, 15) is 14.0 Å². The van der Waals surface area contributed by atoms with Gasteiger partial charge in [-0.15, -0.1) is 6.42 Å². The lowest BCUT2D eigenvalue weighted by Crippen LogP contribution is -2.49. The summed E-state index contributed by atoms with van der Waals surface area (Å²) in [6, 6.07) is 2.21. The topological polar surface area (TPSA) is 67.2 Å². The van der Waals surface area contributed by atoms with Gasteiger partial charge >= 0.3 is 6.03 Å². The number of terminal acetylenes is 1. The monoisotopic (exact) mass is 286 g/mol.